The Hall–Kier alpha value is -1.32. The number of nitrogens with two attached hydrogens (primary N) is 1. The van der Waals surface area contributed by atoms with Gasteiger partial charge in [-0.1, -0.05) is 6.42 Å². The molecule has 9 heteroatoms. The van der Waals surface area contributed by atoms with Crippen molar-refractivity contribution in [3.63, 3.8) is 0 Å². The molecule has 2 atom stereocenters. The van der Waals surface area contributed by atoms with Gasteiger partial charge in [-0.15, -0.1) is 0 Å². The highest BCUT2D eigenvalue weighted by Crippen LogP contribution is 2.29. The van der Waals surface area contributed by atoms with Crippen LogP contribution in [0.3, 0.4) is 0 Å². The number of rotatable bonds is 5. The van der Waals surface area contributed by atoms with Crippen molar-refractivity contribution in [2.45, 2.75) is 49.8 Å². The Labute approximate surface area is 133 Å². The molecule has 0 saturated carbocycles. The second kappa shape index (κ2) is 7.06. The molecule has 1 fully saturated rings. The van der Waals surface area contributed by atoms with Crippen LogP contribution in [-0.4, -0.2) is 38.0 Å². The van der Waals surface area contributed by atoms with Gasteiger partial charge in [-0.05, 0) is 38.0 Å². The topological polar surface area (TPSA) is 72.6 Å². The summed E-state index contributed by atoms with van der Waals surface area (Å²) in [5.41, 5.74) is 5.86. The lowest BCUT2D eigenvalue weighted by atomic mass is 10.00. The lowest BCUT2D eigenvalue weighted by Gasteiger charge is -2.36. The third kappa shape index (κ3) is 3.96. The van der Waals surface area contributed by atoms with Gasteiger partial charge in [0.15, 0.2) is 11.6 Å². The van der Waals surface area contributed by atoms with Gasteiger partial charge in [0, 0.05) is 18.6 Å². The van der Waals surface area contributed by atoms with Crippen LogP contribution < -0.4 is 10.5 Å². The van der Waals surface area contributed by atoms with E-state index < -0.39 is 28.2 Å². The van der Waals surface area contributed by atoms with Gasteiger partial charge in [0.05, 0.1) is 4.90 Å². The van der Waals surface area contributed by atoms with Gasteiger partial charge in [-0.25, -0.2) is 12.8 Å². The number of hydrogen-bond donors (Lipinski definition) is 1. The molecule has 0 aliphatic carbocycles. The minimum Gasteiger partial charge on any atom is -0.432 e. The number of nitrogens with zero attached hydrogens (tertiary/aromatic N) is 1. The summed E-state index contributed by atoms with van der Waals surface area (Å²) in [6.45, 7) is -1.17. The fourth-order valence-corrected chi connectivity index (χ4v) is 4.51. The summed E-state index contributed by atoms with van der Waals surface area (Å²) in [4.78, 5) is -0.302. The van der Waals surface area contributed by atoms with E-state index in [0.29, 0.717) is 25.5 Å². The third-order valence-electron chi connectivity index (χ3n) is 3.83. The first kappa shape index (κ1) is 18.0. The van der Waals surface area contributed by atoms with Crippen LogP contribution in [0.4, 0.5) is 13.2 Å². The van der Waals surface area contributed by atoms with E-state index in [4.69, 9.17) is 5.73 Å². The van der Waals surface area contributed by atoms with Crippen LogP contribution in [0.1, 0.15) is 26.2 Å². The minimum absolute atomic E-state index is 0.297. The molecule has 130 valence electrons. The van der Waals surface area contributed by atoms with Crippen LogP contribution in [0.25, 0.3) is 0 Å². The Morgan fingerprint density at radius 3 is 2.61 bits per heavy atom. The van der Waals surface area contributed by atoms with E-state index in [2.05, 4.69) is 4.74 Å². The standard InChI is InChI=1S/C14H19F3N2O3S/c1-9(18)12-4-2-3-7-19(12)23(20,21)10-5-6-13(11(15)8-10)22-14(16)17/h5-6,8-9,12,14H,2-4,7,18H2,1H3. The molecule has 5 nitrogen and oxygen atoms in total. The predicted octanol–water partition coefficient (Wildman–Crippen LogP) is 2.32. The summed E-state index contributed by atoms with van der Waals surface area (Å²) in [6, 6.07) is 1.91. The minimum atomic E-state index is -3.95. The number of alkyl halides is 2. The molecule has 1 aliphatic heterocycles. The van der Waals surface area contributed by atoms with Crippen molar-refractivity contribution in [1.82, 2.24) is 4.31 Å². The number of sulfonamides is 1. The molecule has 1 aromatic carbocycles. The molecule has 2 rings (SSSR count). The average Bonchev–Trinajstić information content (AvgIpc) is 2.48. The summed E-state index contributed by atoms with van der Waals surface area (Å²) >= 11 is 0. The molecule has 1 aliphatic rings. The molecule has 1 saturated heterocycles. The highest BCUT2D eigenvalue weighted by Gasteiger charge is 2.35. The monoisotopic (exact) mass is 352 g/mol. The SMILES string of the molecule is CC(N)C1CCCCN1S(=O)(=O)c1ccc(OC(F)F)c(F)c1. The Morgan fingerprint density at radius 2 is 2.04 bits per heavy atom. The molecular weight excluding hydrogens is 333 g/mol. The van der Waals surface area contributed by atoms with E-state index in [1.165, 1.54) is 4.31 Å². The maximum Gasteiger partial charge on any atom is 0.387 e. The second-order valence-electron chi connectivity index (χ2n) is 5.51. The van der Waals surface area contributed by atoms with Crippen molar-refractivity contribution < 1.29 is 26.3 Å². The molecule has 23 heavy (non-hydrogen) atoms. The quantitative estimate of drug-likeness (QED) is 0.883. The molecule has 2 unspecified atom stereocenters. The largest absolute Gasteiger partial charge is 0.432 e. The predicted molar refractivity (Wildman–Crippen MR) is 78.2 cm³/mol. The third-order valence-corrected chi connectivity index (χ3v) is 5.75. The Kier molecular flexibility index (Phi) is 5.53. The fourth-order valence-electron chi connectivity index (χ4n) is 2.72. The zero-order chi connectivity index (χ0) is 17.2. The summed E-state index contributed by atoms with van der Waals surface area (Å²) in [5, 5.41) is 0. The van der Waals surface area contributed by atoms with Crippen molar-refractivity contribution in [2.24, 2.45) is 5.73 Å². The van der Waals surface area contributed by atoms with Crippen molar-refractivity contribution in [3.05, 3.63) is 24.0 Å². The van der Waals surface area contributed by atoms with Gasteiger partial charge in [0.2, 0.25) is 10.0 Å². The first-order valence-corrected chi connectivity index (χ1v) is 8.69. The Bertz CT molecular complexity index is 653. The molecule has 0 bridgehead atoms. The lowest BCUT2D eigenvalue weighted by Crippen LogP contribution is -2.51. The van der Waals surface area contributed by atoms with E-state index in [1.54, 1.807) is 6.92 Å². The van der Waals surface area contributed by atoms with Crippen molar-refractivity contribution >= 4 is 10.0 Å². The fraction of sp³-hybridized carbons (Fsp3) is 0.571. The molecule has 0 spiro atoms. The van der Waals surface area contributed by atoms with Crippen LogP contribution in [0.2, 0.25) is 0 Å². The van der Waals surface area contributed by atoms with Gasteiger partial charge in [-0.2, -0.15) is 13.1 Å². The van der Waals surface area contributed by atoms with Crippen molar-refractivity contribution in [2.75, 3.05) is 6.54 Å². The number of piperidine rings is 1. The zero-order valence-corrected chi connectivity index (χ0v) is 13.4. The molecule has 1 heterocycles. The number of ether oxygens (including phenoxy) is 1. The van der Waals surface area contributed by atoms with E-state index in [9.17, 15) is 21.6 Å². The lowest BCUT2D eigenvalue weighted by molar-refractivity contribution is -0.0522. The number of hydrogen-bond acceptors (Lipinski definition) is 4. The maximum atomic E-state index is 13.8. The van der Waals surface area contributed by atoms with E-state index in [1.807, 2.05) is 0 Å². The van der Waals surface area contributed by atoms with E-state index >= 15 is 0 Å². The molecule has 0 amide bonds. The molecule has 0 aromatic heterocycles. The van der Waals surface area contributed by atoms with Gasteiger partial charge < -0.3 is 10.5 Å². The van der Waals surface area contributed by atoms with Crippen LogP contribution in [-0.2, 0) is 10.0 Å². The van der Waals surface area contributed by atoms with Crippen molar-refractivity contribution in [1.29, 1.82) is 0 Å². The normalized spacial score (nSPS) is 21.4. The Balaban J connectivity index is 2.33. The van der Waals surface area contributed by atoms with Crippen molar-refractivity contribution in [3.8, 4) is 5.75 Å². The van der Waals surface area contributed by atoms with Crippen LogP contribution in [0.5, 0.6) is 5.75 Å². The molecular formula is C14H19F3N2O3S. The highest BCUT2D eigenvalue weighted by molar-refractivity contribution is 7.89. The smallest absolute Gasteiger partial charge is 0.387 e. The molecule has 1 aromatic rings. The van der Waals surface area contributed by atoms with Crippen LogP contribution >= 0.6 is 0 Å². The zero-order valence-electron chi connectivity index (χ0n) is 12.6. The van der Waals surface area contributed by atoms with Crippen LogP contribution in [0.15, 0.2) is 23.1 Å². The summed E-state index contributed by atoms with van der Waals surface area (Å²) in [5.74, 6) is -1.85. The first-order valence-electron chi connectivity index (χ1n) is 7.25. The van der Waals surface area contributed by atoms with Gasteiger partial charge in [0.25, 0.3) is 0 Å². The summed E-state index contributed by atoms with van der Waals surface area (Å²) < 4.78 is 68.7. The summed E-state index contributed by atoms with van der Waals surface area (Å²) in [6.07, 6.45) is 2.19. The second-order valence-corrected chi connectivity index (χ2v) is 7.40. The number of benzene rings is 1. The average molecular weight is 352 g/mol. The number of halogens is 3. The van der Waals surface area contributed by atoms with Gasteiger partial charge in [0.1, 0.15) is 0 Å². The van der Waals surface area contributed by atoms with Gasteiger partial charge >= 0.3 is 6.61 Å². The first-order chi connectivity index (χ1) is 10.7. The molecule has 0 radical (unpaired) electrons. The van der Waals surface area contributed by atoms with E-state index in [-0.39, 0.29) is 17.0 Å². The summed E-state index contributed by atoms with van der Waals surface area (Å²) in [7, 11) is -3.95. The van der Waals surface area contributed by atoms with Gasteiger partial charge in [-0.3, -0.25) is 0 Å². The van der Waals surface area contributed by atoms with Crippen LogP contribution in [0, 0.1) is 5.82 Å². The van der Waals surface area contributed by atoms with E-state index in [0.717, 1.165) is 18.6 Å². The highest BCUT2D eigenvalue weighted by atomic mass is 32.2. The molecule has 2 N–H and O–H groups in total. The maximum absolute atomic E-state index is 13.8. The Morgan fingerprint density at radius 1 is 1.35 bits per heavy atom.